The van der Waals surface area contributed by atoms with Crippen LogP contribution in [0.1, 0.15) is 11.1 Å². The molecule has 0 saturated carbocycles. The van der Waals surface area contributed by atoms with Crippen LogP contribution in [0, 0.1) is 15.9 Å². The first-order chi connectivity index (χ1) is 10.9. The molecule has 120 valence electrons. The van der Waals surface area contributed by atoms with Crippen LogP contribution in [-0.2, 0) is 23.0 Å². The molecule has 0 unspecified atom stereocenters. The van der Waals surface area contributed by atoms with Crippen LogP contribution in [0.2, 0.25) is 0 Å². The predicted octanol–water partition coefficient (Wildman–Crippen LogP) is 2.48. The Morgan fingerprint density at radius 2 is 1.83 bits per heavy atom. The van der Waals surface area contributed by atoms with Crippen molar-refractivity contribution in [1.82, 2.24) is 4.31 Å². The van der Waals surface area contributed by atoms with Gasteiger partial charge in [-0.25, -0.2) is 8.42 Å². The van der Waals surface area contributed by atoms with Crippen LogP contribution < -0.4 is 0 Å². The molecule has 0 N–H and O–H groups in total. The second kappa shape index (κ2) is 5.71. The fourth-order valence-electron chi connectivity index (χ4n) is 2.62. The minimum absolute atomic E-state index is 0.198. The first kappa shape index (κ1) is 15.6. The van der Waals surface area contributed by atoms with E-state index in [1.54, 1.807) is 0 Å². The van der Waals surface area contributed by atoms with Crippen LogP contribution >= 0.6 is 0 Å². The SMILES string of the molecule is O=[N+]([O-])c1cc(S(=O)(=O)N2CCc3ccccc3C2)ccc1F. The van der Waals surface area contributed by atoms with E-state index in [-0.39, 0.29) is 18.0 Å². The number of rotatable bonds is 3. The number of hydrogen-bond donors (Lipinski definition) is 0. The van der Waals surface area contributed by atoms with Crippen LogP contribution in [-0.4, -0.2) is 24.2 Å². The summed E-state index contributed by atoms with van der Waals surface area (Å²) in [4.78, 5) is 9.59. The van der Waals surface area contributed by atoms with Crippen molar-refractivity contribution in [2.45, 2.75) is 17.9 Å². The smallest absolute Gasteiger partial charge is 0.258 e. The molecule has 0 radical (unpaired) electrons. The van der Waals surface area contributed by atoms with Gasteiger partial charge in [-0.3, -0.25) is 10.1 Å². The maximum Gasteiger partial charge on any atom is 0.306 e. The van der Waals surface area contributed by atoms with Crippen molar-refractivity contribution in [2.24, 2.45) is 0 Å². The minimum Gasteiger partial charge on any atom is -0.258 e. The predicted molar refractivity (Wildman–Crippen MR) is 80.8 cm³/mol. The second-order valence-corrected chi connectivity index (χ2v) is 7.17. The quantitative estimate of drug-likeness (QED) is 0.637. The van der Waals surface area contributed by atoms with Gasteiger partial charge in [-0.05, 0) is 29.7 Å². The van der Waals surface area contributed by atoms with E-state index in [4.69, 9.17) is 0 Å². The van der Waals surface area contributed by atoms with Gasteiger partial charge in [0.1, 0.15) is 0 Å². The van der Waals surface area contributed by atoms with E-state index < -0.39 is 26.5 Å². The molecule has 0 aromatic heterocycles. The van der Waals surface area contributed by atoms with E-state index in [1.807, 2.05) is 24.3 Å². The van der Waals surface area contributed by atoms with Crippen molar-refractivity contribution in [3.63, 3.8) is 0 Å². The number of nitro benzene ring substituents is 1. The average Bonchev–Trinajstić information content (AvgIpc) is 2.54. The fourth-order valence-corrected chi connectivity index (χ4v) is 4.06. The summed E-state index contributed by atoms with van der Waals surface area (Å²) in [6.45, 7) is 0.480. The molecule has 1 aliphatic heterocycles. The number of nitro groups is 1. The van der Waals surface area contributed by atoms with Gasteiger partial charge in [0, 0.05) is 19.2 Å². The Balaban J connectivity index is 1.97. The zero-order valence-electron chi connectivity index (χ0n) is 12.0. The van der Waals surface area contributed by atoms with E-state index >= 15 is 0 Å². The summed E-state index contributed by atoms with van der Waals surface area (Å²) < 4.78 is 40.0. The number of benzene rings is 2. The van der Waals surface area contributed by atoms with Crippen LogP contribution in [0.4, 0.5) is 10.1 Å². The molecular weight excluding hydrogens is 323 g/mol. The van der Waals surface area contributed by atoms with Gasteiger partial charge in [0.2, 0.25) is 15.8 Å². The molecule has 0 fully saturated rings. The van der Waals surface area contributed by atoms with Gasteiger partial charge in [0.25, 0.3) is 0 Å². The molecule has 0 spiro atoms. The van der Waals surface area contributed by atoms with Gasteiger partial charge in [0.05, 0.1) is 9.82 Å². The van der Waals surface area contributed by atoms with Gasteiger partial charge in [0.15, 0.2) is 0 Å². The third-order valence-electron chi connectivity index (χ3n) is 3.85. The Morgan fingerprint density at radius 3 is 2.52 bits per heavy atom. The van der Waals surface area contributed by atoms with Crippen molar-refractivity contribution in [3.05, 3.63) is 69.5 Å². The lowest BCUT2D eigenvalue weighted by molar-refractivity contribution is -0.387. The highest BCUT2D eigenvalue weighted by atomic mass is 32.2. The van der Waals surface area contributed by atoms with Crippen molar-refractivity contribution >= 4 is 15.7 Å². The zero-order chi connectivity index (χ0) is 16.6. The molecule has 2 aromatic rings. The van der Waals surface area contributed by atoms with E-state index in [2.05, 4.69) is 0 Å². The molecule has 0 bridgehead atoms. The van der Waals surface area contributed by atoms with Gasteiger partial charge < -0.3 is 0 Å². The summed E-state index contributed by atoms with van der Waals surface area (Å²) in [5.41, 5.74) is 1.14. The maximum atomic E-state index is 13.4. The Morgan fingerprint density at radius 1 is 1.13 bits per heavy atom. The van der Waals surface area contributed by atoms with Crippen molar-refractivity contribution in [3.8, 4) is 0 Å². The van der Waals surface area contributed by atoms with Gasteiger partial charge >= 0.3 is 5.69 Å². The molecule has 0 amide bonds. The number of fused-ring (bicyclic) bond motifs is 1. The molecule has 8 heteroatoms. The molecule has 0 saturated heterocycles. The fraction of sp³-hybridized carbons (Fsp3) is 0.200. The molecule has 6 nitrogen and oxygen atoms in total. The number of hydrogen-bond acceptors (Lipinski definition) is 4. The normalized spacial score (nSPS) is 15.2. The molecule has 0 atom stereocenters. The lowest BCUT2D eigenvalue weighted by Gasteiger charge is -2.28. The highest BCUT2D eigenvalue weighted by Gasteiger charge is 2.30. The van der Waals surface area contributed by atoms with E-state index in [0.29, 0.717) is 6.42 Å². The summed E-state index contributed by atoms with van der Waals surface area (Å²) >= 11 is 0. The van der Waals surface area contributed by atoms with Crippen molar-refractivity contribution < 1.29 is 17.7 Å². The summed E-state index contributed by atoms with van der Waals surface area (Å²) in [5.74, 6) is -1.06. The molecule has 1 heterocycles. The highest BCUT2D eigenvalue weighted by Crippen LogP contribution is 2.27. The molecule has 1 aliphatic rings. The first-order valence-corrected chi connectivity index (χ1v) is 8.34. The van der Waals surface area contributed by atoms with Gasteiger partial charge in [-0.15, -0.1) is 0 Å². The van der Waals surface area contributed by atoms with Crippen LogP contribution in [0.15, 0.2) is 47.4 Å². The van der Waals surface area contributed by atoms with E-state index in [9.17, 15) is 22.9 Å². The maximum absolute atomic E-state index is 13.4. The summed E-state index contributed by atoms with van der Waals surface area (Å²) in [5, 5.41) is 10.8. The Hall–Kier alpha value is -2.32. The standard InChI is InChI=1S/C15H13FN2O4S/c16-14-6-5-13(9-15(14)18(19)20)23(21,22)17-8-7-11-3-1-2-4-12(11)10-17/h1-6,9H,7-8,10H2. The van der Waals surface area contributed by atoms with Gasteiger partial charge in [-0.1, -0.05) is 24.3 Å². The average molecular weight is 336 g/mol. The van der Waals surface area contributed by atoms with Gasteiger partial charge in [-0.2, -0.15) is 8.70 Å². The summed E-state index contributed by atoms with van der Waals surface area (Å²) in [6, 6.07) is 10.2. The third-order valence-corrected chi connectivity index (χ3v) is 5.69. The van der Waals surface area contributed by atoms with Crippen LogP contribution in [0.25, 0.3) is 0 Å². The lowest BCUT2D eigenvalue weighted by atomic mass is 10.0. The number of halogens is 1. The van der Waals surface area contributed by atoms with E-state index in [1.165, 1.54) is 4.31 Å². The summed E-state index contributed by atoms with van der Waals surface area (Å²) in [6.07, 6.45) is 0.568. The zero-order valence-corrected chi connectivity index (χ0v) is 12.8. The van der Waals surface area contributed by atoms with Crippen LogP contribution in [0.5, 0.6) is 0 Å². The molecule has 2 aromatic carbocycles. The van der Waals surface area contributed by atoms with E-state index in [0.717, 1.165) is 29.3 Å². The lowest BCUT2D eigenvalue weighted by Crippen LogP contribution is -2.35. The first-order valence-electron chi connectivity index (χ1n) is 6.90. The molecule has 23 heavy (non-hydrogen) atoms. The molecule has 0 aliphatic carbocycles. The van der Waals surface area contributed by atoms with Crippen LogP contribution in [0.3, 0.4) is 0 Å². The Bertz CT molecular complexity index is 883. The monoisotopic (exact) mass is 336 g/mol. The van der Waals surface area contributed by atoms with Crippen molar-refractivity contribution in [1.29, 1.82) is 0 Å². The topological polar surface area (TPSA) is 80.5 Å². The summed E-state index contributed by atoms with van der Waals surface area (Å²) in [7, 11) is -3.92. The second-order valence-electron chi connectivity index (χ2n) is 5.23. The number of sulfonamides is 1. The largest absolute Gasteiger partial charge is 0.306 e. The molecular formula is C15H13FN2O4S. The van der Waals surface area contributed by atoms with Crippen molar-refractivity contribution in [2.75, 3.05) is 6.54 Å². The Kier molecular flexibility index (Phi) is 3.87. The highest BCUT2D eigenvalue weighted by molar-refractivity contribution is 7.89. The number of nitrogens with zero attached hydrogens (tertiary/aromatic N) is 2. The third kappa shape index (κ3) is 2.82. The minimum atomic E-state index is -3.92. The molecule has 3 rings (SSSR count). The Labute approximate surface area is 132 Å².